The van der Waals surface area contributed by atoms with Crippen molar-refractivity contribution in [2.45, 2.75) is 11.8 Å². The molecule has 0 radical (unpaired) electrons. The monoisotopic (exact) mass is 634 g/mol. The SMILES string of the molecule is C1=CC2c3ccccc3-c3cc(-c4cccc(-c5cc(-c6ccc7ccccc7c6)cc(-c6ccc7ccccc7c6)c5)c4)ccc3C2C=C1. The maximum absolute atomic E-state index is 2.42. The van der Waals surface area contributed by atoms with Crippen LogP contribution in [0.1, 0.15) is 23.0 Å². The maximum atomic E-state index is 2.42. The highest BCUT2D eigenvalue weighted by Gasteiger charge is 2.31. The Hall–Kier alpha value is -6.24. The first kappa shape index (κ1) is 28.7. The zero-order chi connectivity index (χ0) is 33.0. The fourth-order valence-electron chi connectivity index (χ4n) is 8.24. The van der Waals surface area contributed by atoms with Crippen molar-refractivity contribution in [1.82, 2.24) is 0 Å². The minimum atomic E-state index is 0.372. The van der Waals surface area contributed by atoms with Crippen molar-refractivity contribution in [2.75, 3.05) is 0 Å². The molecule has 0 heterocycles. The molecule has 0 aliphatic heterocycles. The van der Waals surface area contributed by atoms with Gasteiger partial charge in [-0.1, -0.05) is 152 Å². The Morgan fingerprint density at radius 1 is 0.260 bits per heavy atom. The normalized spacial score (nSPS) is 15.8. The van der Waals surface area contributed by atoms with E-state index in [0.717, 1.165) is 0 Å². The predicted molar refractivity (Wildman–Crippen MR) is 212 cm³/mol. The van der Waals surface area contributed by atoms with E-state index in [1.165, 1.54) is 88.3 Å². The topological polar surface area (TPSA) is 0 Å². The Balaban J connectivity index is 1.11. The van der Waals surface area contributed by atoms with Crippen LogP contribution in [0.4, 0.5) is 0 Å². The van der Waals surface area contributed by atoms with E-state index < -0.39 is 0 Å². The van der Waals surface area contributed by atoms with Crippen molar-refractivity contribution in [3.05, 3.63) is 205 Å². The van der Waals surface area contributed by atoms with E-state index in [9.17, 15) is 0 Å². The van der Waals surface area contributed by atoms with Crippen molar-refractivity contribution in [3.63, 3.8) is 0 Å². The molecular weight excluding hydrogens is 601 g/mol. The first-order chi connectivity index (χ1) is 24.7. The summed E-state index contributed by atoms with van der Waals surface area (Å²) in [5.41, 5.74) is 15.3. The zero-order valence-corrected chi connectivity index (χ0v) is 27.6. The second kappa shape index (κ2) is 11.7. The number of benzene rings is 8. The third-order valence-corrected chi connectivity index (χ3v) is 10.8. The van der Waals surface area contributed by atoms with E-state index >= 15 is 0 Å². The van der Waals surface area contributed by atoms with Crippen LogP contribution in [0.5, 0.6) is 0 Å². The molecule has 2 unspecified atom stereocenters. The maximum Gasteiger partial charge on any atom is 0.0131 e. The third-order valence-electron chi connectivity index (χ3n) is 10.8. The fraction of sp³-hybridized carbons (Fsp3) is 0.0400. The van der Waals surface area contributed by atoms with E-state index in [4.69, 9.17) is 0 Å². The molecule has 8 aromatic rings. The summed E-state index contributed by atoms with van der Waals surface area (Å²) in [5, 5.41) is 5.03. The van der Waals surface area contributed by atoms with E-state index in [2.05, 4.69) is 194 Å². The molecule has 0 fully saturated rings. The number of fused-ring (bicyclic) bond motifs is 8. The van der Waals surface area contributed by atoms with Crippen LogP contribution < -0.4 is 0 Å². The predicted octanol–water partition coefficient (Wildman–Crippen LogP) is 13.6. The smallest absolute Gasteiger partial charge is 0.0131 e. The summed E-state index contributed by atoms with van der Waals surface area (Å²) in [7, 11) is 0. The molecule has 0 saturated heterocycles. The molecule has 0 spiro atoms. The molecule has 2 aliphatic rings. The van der Waals surface area contributed by atoms with Crippen LogP contribution in [0.2, 0.25) is 0 Å². The van der Waals surface area contributed by atoms with Gasteiger partial charge in [-0.2, -0.15) is 0 Å². The number of allylic oxidation sites excluding steroid dienone is 4. The molecule has 0 saturated carbocycles. The zero-order valence-electron chi connectivity index (χ0n) is 27.6. The van der Waals surface area contributed by atoms with Gasteiger partial charge < -0.3 is 0 Å². The summed E-state index contributed by atoms with van der Waals surface area (Å²) in [6.07, 6.45) is 9.13. The molecule has 234 valence electrons. The molecule has 0 aromatic heterocycles. The minimum absolute atomic E-state index is 0.372. The lowest BCUT2D eigenvalue weighted by Gasteiger charge is -2.34. The van der Waals surface area contributed by atoms with Gasteiger partial charge in [0, 0.05) is 11.8 Å². The van der Waals surface area contributed by atoms with Crippen LogP contribution in [0.15, 0.2) is 194 Å². The average Bonchev–Trinajstić information content (AvgIpc) is 3.20. The molecule has 10 rings (SSSR count). The van der Waals surface area contributed by atoms with E-state index in [0.29, 0.717) is 11.8 Å². The highest BCUT2D eigenvalue weighted by atomic mass is 14.3. The molecule has 2 atom stereocenters. The van der Waals surface area contributed by atoms with Crippen molar-refractivity contribution < 1.29 is 0 Å². The molecule has 0 bridgehead atoms. The van der Waals surface area contributed by atoms with Gasteiger partial charge >= 0.3 is 0 Å². The van der Waals surface area contributed by atoms with Crippen molar-refractivity contribution in [3.8, 4) is 55.6 Å². The molecule has 8 aromatic carbocycles. The Bertz CT molecular complexity index is 2570. The van der Waals surface area contributed by atoms with Crippen molar-refractivity contribution in [1.29, 1.82) is 0 Å². The quantitative estimate of drug-likeness (QED) is 0.181. The van der Waals surface area contributed by atoms with Gasteiger partial charge in [0.05, 0.1) is 0 Å². The summed E-state index contributed by atoms with van der Waals surface area (Å²) < 4.78 is 0. The van der Waals surface area contributed by atoms with E-state index in [-0.39, 0.29) is 0 Å². The van der Waals surface area contributed by atoms with Crippen LogP contribution in [-0.2, 0) is 0 Å². The Labute approximate surface area is 293 Å². The number of hydrogen-bond donors (Lipinski definition) is 0. The van der Waals surface area contributed by atoms with E-state index in [1.54, 1.807) is 0 Å². The summed E-state index contributed by atoms with van der Waals surface area (Å²) in [6, 6.07) is 63.1. The van der Waals surface area contributed by atoms with Crippen LogP contribution >= 0.6 is 0 Å². The van der Waals surface area contributed by atoms with Gasteiger partial charge in [0.2, 0.25) is 0 Å². The Morgan fingerprint density at radius 2 is 0.700 bits per heavy atom. The second-order valence-corrected chi connectivity index (χ2v) is 13.7. The molecule has 0 amide bonds. The number of hydrogen-bond acceptors (Lipinski definition) is 0. The lowest BCUT2D eigenvalue weighted by molar-refractivity contribution is 0.720. The van der Waals surface area contributed by atoms with Gasteiger partial charge in [0.15, 0.2) is 0 Å². The van der Waals surface area contributed by atoms with E-state index in [1.807, 2.05) is 0 Å². The van der Waals surface area contributed by atoms with Gasteiger partial charge in [-0.05, 0) is 131 Å². The molecule has 50 heavy (non-hydrogen) atoms. The van der Waals surface area contributed by atoms with Crippen molar-refractivity contribution in [2.24, 2.45) is 0 Å². The van der Waals surface area contributed by atoms with Gasteiger partial charge in [0.25, 0.3) is 0 Å². The lowest BCUT2D eigenvalue weighted by atomic mass is 9.69. The minimum Gasteiger partial charge on any atom is -0.0761 e. The standard InChI is InChI=1S/C50H34/c1-3-12-35-26-39(22-20-33(35)10-1)43-29-42(30-44(31-43)40-23-21-34-11-2-4-13-36(34)27-40)38-15-9-14-37(28-38)41-24-25-49-47-18-6-5-16-45(47)46-17-7-8-19-48(46)50(49)32-41/h1-32,45,47H. The largest absolute Gasteiger partial charge is 0.0761 e. The summed E-state index contributed by atoms with van der Waals surface area (Å²) >= 11 is 0. The summed E-state index contributed by atoms with van der Waals surface area (Å²) in [5.74, 6) is 0.765. The fourth-order valence-corrected chi connectivity index (χ4v) is 8.24. The van der Waals surface area contributed by atoms with Crippen LogP contribution in [0.25, 0.3) is 77.2 Å². The number of rotatable bonds is 4. The third kappa shape index (κ3) is 4.92. The lowest BCUT2D eigenvalue weighted by Crippen LogP contribution is -2.16. The van der Waals surface area contributed by atoms with Crippen molar-refractivity contribution >= 4 is 21.5 Å². The second-order valence-electron chi connectivity index (χ2n) is 13.7. The molecule has 0 heteroatoms. The summed E-state index contributed by atoms with van der Waals surface area (Å²) in [6.45, 7) is 0. The highest BCUT2D eigenvalue weighted by molar-refractivity contribution is 5.92. The van der Waals surface area contributed by atoms with Gasteiger partial charge in [-0.3, -0.25) is 0 Å². The summed E-state index contributed by atoms with van der Waals surface area (Å²) in [4.78, 5) is 0. The van der Waals surface area contributed by atoms with Gasteiger partial charge in [-0.15, -0.1) is 0 Å². The molecular formula is C50H34. The van der Waals surface area contributed by atoms with Gasteiger partial charge in [-0.25, -0.2) is 0 Å². The molecule has 0 nitrogen and oxygen atoms in total. The van der Waals surface area contributed by atoms with Crippen LogP contribution in [0.3, 0.4) is 0 Å². The highest BCUT2D eigenvalue weighted by Crippen LogP contribution is 2.50. The average molecular weight is 635 g/mol. The van der Waals surface area contributed by atoms with Crippen LogP contribution in [0, 0.1) is 0 Å². The first-order valence-corrected chi connectivity index (χ1v) is 17.6. The Kier molecular flexibility index (Phi) is 6.74. The molecule has 0 N–H and O–H groups in total. The van der Waals surface area contributed by atoms with Crippen LogP contribution in [-0.4, -0.2) is 0 Å². The first-order valence-electron chi connectivity index (χ1n) is 17.6. The Morgan fingerprint density at radius 3 is 1.32 bits per heavy atom. The molecule has 2 aliphatic carbocycles. The van der Waals surface area contributed by atoms with Gasteiger partial charge in [0.1, 0.15) is 0 Å².